The normalized spacial score (nSPS) is 21.6. The van der Waals surface area contributed by atoms with Crippen molar-refractivity contribution in [1.82, 2.24) is 0 Å². The number of rotatable bonds is 6. The van der Waals surface area contributed by atoms with Crippen LogP contribution in [0.5, 0.6) is 0 Å². The highest BCUT2D eigenvalue weighted by molar-refractivity contribution is 4.74. The van der Waals surface area contributed by atoms with Crippen LogP contribution >= 0.6 is 0 Å². The minimum absolute atomic E-state index is 0.439. The molecule has 1 aliphatic carbocycles. The summed E-state index contributed by atoms with van der Waals surface area (Å²) in [5.41, 5.74) is 5.73. The first kappa shape index (κ1) is 13.4. The van der Waals surface area contributed by atoms with E-state index in [2.05, 4.69) is 0 Å². The molecule has 1 rings (SSSR count). The molecule has 1 saturated carbocycles. The first-order valence-electron chi connectivity index (χ1n) is 6.15. The van der Waals surface area contributed by atoms with Crippen molar-refractivity contribution in [3.05, 3.63) is 10.1 Å². The molecule has 0 aromatic heterocycles. The van der Waals surface area contributed by atoms with Crippen molar-refractivity contribution in [3.63, 3.8) is 0 Å². The second-order valence-electron chi connectivity index (χ2n) is 4.83. The average molecular weight is 230 g/mol. The Kier molecular flexibility index (Phi) is 5.69. The van der Waals surface area contributed by atoms with Gasteiger partial charge in [-0.15, -0.1) is 0 Å². The Morgan fingerprint density at radius 3 is 2.56 bits per heavy atom. The number of aliphatic hydroxyl groups is 1. The number of nitrogens with two attached hydrogens (primary N) is 1. The first-order chi connectivity index (χ1) is 7.59. The summed E-state index contributed by atoms with van der Waals surface area (Å²) in [4.78, 5) is 9.70. The molecule has 0 aliphatic heterocycles. The SMILES string of the molecule is NC(CCC1CCCCC1)C(O)C[N+](=O)[O-]. The maximum absolute atomic E-state index is 10.2. The Morgan fingerprint density at radius 2 is 2.00 bits per heavy atom. The monoisotopic (exact) mass is 230 g/mol. The van der Waals surface area contributed by atoms with Crippen molar-refractivity contribution in [2.75, 3.05) is 6.54 Å². The molecule has 0 bridgehead atoms. The summed E-state index contributed by atoms with van der Waals surface area (Å²) in [6, 6.07) is -0.452. The summed E-state index contributed by atoms with van der Waals surface area (Å²) in [5, 5.41) is 19.7. The zero-order valence-corrected chi connectivity index (χ0v) is 9.68. The van der Waals surface area contributed by atoms with Gasteiger partial charge in [0, 0.05) is 11.0 Å². The molecular formula is C11H22N2O3. The minimum Gasteiger partial charge on any atom is -0.385 e. The Morgan fingerprint density at radius 1 is 1.38 bits per heavy atom. The van der Waals surface area contributed by atoms with Crippen molar-refractivity contribution in [3.8, 4) is 0 Å². The van der Waals surface area contributed by atoms with Crippen molar-refractivity contribution in [1.29, 1.82) is 0 Å². The maximum Gasteiger partial charge on any atom is 0.230 e. The van der Waals surface area contributed by atoms with E-state index in [9.17, 15) is 15.2 Å². The van der Waals surface area contributed by atoms with E-state index < -0.39 is 23.6 Å². The van der Waals surface area contributed by atoms with Crippen LogP contribution in [0.2, 0.25) is 0 Å². The predicted octanol–water partition coefficient (Wildman–Crippen LogP) is 1.31. The van der Waals surface area contributed by atoms with Crippen LogP contribution in [-0.4, -0.2) is 28.7 Å². The fourth-order valence-corrected chi connectivity index (χ4v) is 2.38. The molecule has 3 N–H and O–H groups in total. The quantitative estimate of drug-likeness (QED) is 0.532. The van der Waals surface area contributed by atoms with Crippen LogP contribution in [0.15, 0.2) is 0 Å². The van der Waals surface area contributed by atoms with Crippen LogP contribution in [0, 0.1) is 16.0 Å². The molecule has 0 saturated heterocycles. The van der Waals surface area contributed by atoms with Crippen molar-refractivity contribution in [2.24, 2.45) is 11.7 Å². The zero-order chi connectivity index (χ0) is 12.0. The van der Waals surface area contributed by atoms with Gasteiger partial charge in [0.1, 0.15) is 6.10 Å². The molecule has 1 aliphatic rings. The molecule has 0 radical (unpaired) electrons. The largest absolute Gasteiger partial charge is 0.385 e. The third-order valence-corrected chi connectivity index (χ3v) is 3.46. The highest BCUT2D eigenvalue weighted by Crippen LogP contribution is 2.27. The van der Waals surface area contributed by atoms with Gasteiger partial charge in [-0.1, -0.05) is 32.1 Å². The standard InChI is InChI=1S/C11H22N2O3/c12-10(11(14)8-13(15)16)7-6-9-4-2-1-3-5-9/h9-11,14H,1-8,12H2. The van der Waals surface area contributed by atoms with Crippen LogP contribution in [0.1, 0.15) is 44.9 Å². The Bertz CT molecular complexity index is 217. The van der Waals surface area contributed by atoms with Gasteiger partial charge in [0.05, 0.1) is 0 Å². The lowest BCUT2D eigenvalue weighted by Crippen LogP contribution is -2.39. The van der Waals surface area contributed by atoms with Gasteiger partial charge in [0.2, 0.25) is 6.54 Å². The van der Waals surface area contributed by atoms with E-state index in [1.807, 2.05) is 0 Å². The van der Waals surface area contributed by atoms with E-state index in [4.69, 9.17) is 5.73 Å². The molecule has 0 aromatic carbocycles. The summed E-state index contributed by atoms with van der Waals surface area (Å²) < 4.78 is 0. The van der Waals surface area contributed by atoms with Crippen LogP contribution in [0.4, 0.5) is 0 Å². The lowest BCUT2D eigenvalue weighted by molar-refractivity contribution is -0.491. The van der Waals surface area contributed by atoms with Crippen LogP contribution in [0.25, 0.3) is 0 Å². The molecule has 0 aromatic rings. The third kappa shape index (κ3) is 4.90. The molecule has 2 atom stereocenters. The van der Waals surface area contributed by atoms with Crippen LogP contribution in [0.3, 0.4) is 0 Å². The third-order valence-electron chi connectivity index (χ3n) is 3.46. The highest BCUT2D eigenvalue weighted by atomic mass is 16.6. The van der Waals surface area contributed by atoms with E-state index in [1.54, 1.807) is 0 Å². The first-order valence-corrected chi connectivity index (χ1v) is 6.15. The number of hydrogen-bond donors (Lipinski definition) is 2. The highest BCUT2D eigenvalue weighted by Gasteiger charge is 2.22. The van der Waals surface area contributed by atoms with Crippen LogP contribution in [-0.2, 0) is 0 Å². The summed E-state index contributed by atoms with van der Waals surface area (Å²) in [6.45, 7) is -0.439. The minimum atomic E-state index is -1.00. The van der Waals surface area contributed by atoms with Gasteiger partial charge in [-0.3, -0.25) is 10.1 Å². The topological polar surface area (TPSA) is 89.4 Å². The van der Waals surface area contributed by atoms with Gasteiger partial charge >= 0.3 is 0 Å². The fourth-order valence-electron chi connectivity index (χ4n) is 2.38. The van der Waals surface area contributed by atoms with Gasteiger partial charge in [-0.2, -0.15) is 0 Å². The molecular weight excluding hydrogens is 208 g/mol. The summed E-state index contributed by atoms with van der Waals surface area (Å²) in [7, 11) is 0. The van der Waals surface area contributed by atoms with E-state index >= 15 is 0 Å². The van der Waals surface area contributed by atoms with Gasteiger partial charge in [0.25, 0.3) is 0 Å². The van der Waals surface area contributed by atoms with Gasteiger partial charge in [-0.25, -0.2) is 0 Å². The molecule has 0 heterocycles. The van der Waals surface area contributed by atoms with Gasteiger partial charge in [0.15, 0.2) is 0 Å². The summed E-state index contributed by atoms with van der Waals surface area (Å²) in [5.74, 6) is 0.711. The van der Waals surface area contributed by atoms with Crippen LogP contribution < -0.4 is 5.73 Å². The number of nitrogens with zero attached hydrogens (tertiary/aromatic N) is 1. The average Bonchev–Trinajstić information content (AvgIpc) is 2.26. The van der Waals surface area contributed by atoms with E-state index in [0.717, 1.165) is 6.42 Å². The van der Waals surface area contributed by atoms with E-state index in [1.165, 1.54) is 32.1 Å². The molecule has 94 valence electrons. The molecule has 5 nitrogen and oxygen atoms in total. The Balaban J connectivity index is 2.17. The number of nitro groups is 1. The van der Waals surface area contributed by atoms with Crippen molar-refractivity contribution < 1.29 is 10.0 Å². The van der Waals surface area contributed by atoms with Crippen molar-refractivity contribution >= 4 is 0 Å². The van der Waals surface area contributed by atoms with Crippen molar-refractivity contribution in [2.45, 2.75) is 57.1 Å². The van der Waals surface area contributed by atoms with E-state index in [0.29, 0.717) is 12.3 Å². The Hall–Kier alpha value is -0.680. The number of aliphatic hydroxyl groups excluding tert-OH is 1. The summed E-state index contributed by atoms with van der Waals surface area (Å²) in [6.07, 6.45) is 7.09. The Labute approximate surface area is 96.2 Å². The molecule has 1 fully saturated rings. The smallest absolute Gasteiger partial charge is 0.230 e. The summed E-state index contributed by atoms with van der Waals surface area (Å²) >= 11 is 0. The molecule has 0 amide bonds. The van der Waals surface area contributed by atoms with E-state index in [-0.39, 0.29) is 0 Å². The molecule has 5 heteroatoms. The second kappa shape index (κ2) is 6.81. The predicted molar refractivity (Wildman–Crippen MR) is 61.7 cm³/mol. The fraction of sp³-hybridized carbons (Fsp3) is 1.00. The zero-order valence-electron chi connectivity index (χ0n) is 9.68. The molecule has 2 unspecified atom stereocenters. The number of hydrogen-bond acceptors (Lipinski definition) is 4. The van der Waals surface area contributed by atoms with Gasteiger partial charge in [-0.05, 0) is 18.8 Å². The lowest BCUT2D eigenvalue weighted by Gasteiger charge is -2.23. The lowest BCUT2D eigenvalue weighted by atomic mass is 9.85. The molecule has 16 heavy (non-hydrogen) atoms. The second-order valence-corrected chi connectivity index (χ2v) is 4.83. The maximum atomic E-state index is 10.2. The van der Waals surface area contributed by atoms with Gasteiger partial charge < -0.3 is 10.8 Å². The molecule has 0 spiro atoms.